The number of fused-ring (bicyclic) bond motifs is 1. The van der Waals surface area contributed by atoms with Crippen LogP contribution in [0.25, 0.3) is 0 Å². The van der Waals surface area contributed by atoms with Crippen molar-refractivity contribution in [3.8, 4) is 0 Å². The van der Waals surface area contributed by atoms with Gasteiger partial charge >= 0.3 is 0 Å². The second-order valence-corrected chi connectivity index (χ2v) is 7.26. The summed E-state index contributed by atoms with van der Waals surface area (Å²) in [7, 11) is 1.73. The van der Waals surface area contributed by atoms with E-state index in [9.17, 15) is 14.4 Å². The summed E-state index contributed by atoms with van der Waals surface area (Å²) in [5.41, 5.74) is 2.74. The van der Waals surface area contributed by atoms with Gasteiger partial charge in [-0.25, -0.2) is 0 Å². The van der Waals surface area contributed by atoms with Crippen molar-refractivity contribution in [2.45, 2.75) is 19.8 Å². The normalized spacial score (nSPS) is 13.1. The Bertz CT molecular complexity index is 894. The van der Waals surface area contributed by atoms with Crippen molar-refractivity contribution in [3.63, 3.8) is 0 Å². The number of carbonyl (C=O) groups is 3. The molecule has 2 aromatic carbocycles. The molecule has 0 spiro atoms. The Morgan fingerprint density at radius 3 is 2.54 bits per heavy atom. The summed E-state index contributed by atoms with van der Waals surface area (Å²) in [5, 5.41) is 0. The molecule has 0 aliphatic carbocycles. The molecule has 0 N–H and O–H groups in total. The molecule has 134 valence electrons. The van der Waals surface area contributed by atoms with Crippen LogP contribution in [0.3, 0.4) is 0 Å². The molecule has 26 heavy (non-hydrogen) atoms. The molecule has 6 heteroatoms. The molecule has 1 aliphatic heterocycles. The van der Waals surface area contributed by atoms with E-state index in [-0.39, 0.29) is 30.7 Å². The Morgan fingerprint density at radius 2 is 1.81 bits per heavy atom. The Balaban J connectivity index is 1.59. The highest BCUT2D eigenvalue weighted by Crippen LogP contribution is 2.26. The zero-order valence-electron chi connectivity index (χ0n) is 14.7. The van der Waals surface area contributed by atoms with Crippen LogP contribution in [0.4, 0.5) is 5.69 Å². The van der Waals surface area contributed by atoms with Crippen LogP contribution in [0.2, 0.25) is 0 Å². The van der Waals surface area contributed by atoms with Crippen molar-refractivity contribution in [3.05, 3.63) is 63.6 Å². The van der Waals surface area contributed by atoms with Gasteiger partial charge in [0.2, 0.25) is 5.91 Å². The number of halogens is 1. The first-order valence-corrected chi connectivity index (χ1v) is 9.17. The molecule has 0 aromatic heterocycles. The van der Waals surface area contributed by atoms with Crippen LogP contribution in [0.15, 0.2) is 46.9 Å². The monoisotopic (exact) mass is 414 g/mol. The molecule has 0 saturated heterocycles. The summed E-state index contributed by atoms with van der Waals surface area (Å²) in [5.74, 6) is -0.641. The van der Waals surface area contributed by atoms with Gasteiger partial charge in [-0.3, -0.25) is 19.3 Å². The number of benzene rings is 2. The molecule has 0 radical (unpaired) electrons. The Kier molecular flexibility index (Phi) is 5.23. The molecular formula is C20H19BrN2O3. The van der Waals surface area contributed by atoms with Gasteiger partial charge in [0.05, 0.1) is 11.1 Å². The van der Waals surface area contributed by atoms with E-state index in [2.05, 4.69) is 15.9 Å². The third kappa shape index (κ3) is 3.55. The minimum Gasteiger partial charge on any atom is -0.315 e. The molecule has 0 unspecified atom stereocenters. The average molecular weight is 415 g/mol. The first-order valence-electron chi connectivity index (χ1n) is 8.37. The molecule has 0 fully saturated rings. The molecule has 0 saturated carbocycles. The summed E-state index contributed by atoms with van der Waals surface area (Å²) < 4.78 is 0.759. The van der Waals surface area contributed by atoms with Crippen molar-refractivity contribution < 1.29 is 14.4 Å². The summed E-state index contributed by atoms with van der Waals surface area (Å²) in [4.78, 5) is 40.0. The van der Waals surface area contributed by atoms with E-state index in [0.29, 0.717) is 17.5 Å². The highest BCUT2D eigenvalue weighted by molar-refractivity contribution is 9.10. The molecule has 5 nitrogen and oxygen atoms in total. The summed E-state index contributed by atoms with van der Waals surface area (Å²) in [6.07, 6.45) is 0.698. The van der Waals surface area contributed by atoms with Gasteiger partial charge in [-0.1, -0.05) is 28.1 Å². The lowest BCUT2D eigenvalue weighted by molar-refractivity contribution is -0.118. The average Bonchev–Trinajstić information content (AvgIpc) is 2.85. The van der Waals surface area contributed by atoms with Crippen molar-refractivity contribution in [2.24, 2.45) is 0 Å². The maximum Gasteiger partial charge on any atom is 0.261 e. The maximum atomic E-state index is 12.4. The first-order chi connectivity index (χ1) is 12.4. The number of hydrogen-bond acceptors (Lipinski definition) is 3. The third-order valence-electron chi connectivity index (χ3n) is 4.47. The maximum absolute atomic E-state index is 12.4. The second-order valence-electron chi connectivity index (χ2n) is 6.35. The molecule has 0 bridgehead atoms. The van der Waals surface area contributed by atoms with Gasteiger partial charge in [-0.2, -0.15) is 0 Å². The van der Waals surface area contributed by atoms with Crippen LogP contribution >= 0.6 is 15.9 Å². The third-order valence-corrected chi connectivity index (χ3v) is 4.96. The summed E-state index contributed by atoms with van der Waals surface area (Å²) in [6, 6.07) is 12.8. The van der Waals surface area contributed by atoms with Gasteiger partial charge in [0.15, 0.2) is 0 Å². The predicted molar refractivity (Wildman–Crippen MR) is 103 cm³/mol. The number of imide groups is 1. The van der Waals surface area contributed by atoms with Crippen LogP contribution in [0.1, 0.15) is 39.1 Å². The van der Waals surface area contributed by atoms with Crippen LogP contribution in [-0.2, 0) is 4.79 Å². The van der Waals surface area contributed by atoms with Crippen molar-refractivity contribution in [2.75, 3.05) is 18.5 Å². The van der Waals surface area contributed by atoms with E-state index in [4.69, 9.17) is 0 Å². The van der Waals surface area contributed by atoms with Crippen LogP contribution < -0.4 is 4.90 Å². The number of carbonyl (C=O) groups excluding carboxylic acids is 3. The van der Waals surface area contributed by atoms with E-state index in [1.165, 1.54) is 4.90 Å². The second kappa shape index (κ2) is 7.41. The number of hydrogen-bond donors (Lipinski definition) is 0. The minimum atomic E-state index is -0.300. The number of nitrogens with zero attached hydrogens (tertiary/aromatic N) is 2. The Hall–Kier alpha value is -2.47. The quantitative estimate of drug-likeness (QED) is 0.699. The van der Waals surface area contributed by atoms with E-state index in [1.807, 2.05) is 31.2 Å². The van der Waals surface area contributed by atoms with E-state index in [1.54, 1.807) is 30.1 Å². The Labute approximate surface area is 160 Å². The highest BCUT2D eigenvalue weighted by atomic mass is 79.9. The van der Waals surface area contributed by atoms with E-state index in [0.717, 1.165) is 15.7 Å². The largest absolute Gasteiger partial charge is 0.315 e. The smallest absolute Gasteiger partial charge is 0.261 e. The molecule has 3 rings (SSSR count). The minimum absolute atomic E-state index is 0.0463. The fraction of sp³-hybridized carbons (Fsp3) is 0.250. The zero-order valence-corrected chi connectivity index (χ0v) is 16.2. The number of anilines is 1. The molecule has 3 amide bonds. The summed E-state index contributed by atoms with van der Waals surface area (Å²) >= 11 is 3.31. The zero-order chi connectivity index (χ0) is 18.8. The van der Waals surface area contributed by atoms with Crippen molar-refractivity contribution in [1.82, 2.24) is 4.90 Å². The van der Waals surface area contributed by atoms with Gasteiger partial charge in [-0.15, -0.1) is 0 Å². The fourth-order valence-corrected chi connectivity index (χ4v) is 3.36. The molecule has 1 heterocycles. The number of aryl methyl sites for hydroxylation is 1. The topological polar surface area (TPSA) is 57.7 Å². The van der Waals surface area contributed by atoms with Gasteiger partial charge in [0.1, 0.15) is 0 Å². The van der Waals surface area contributed by atoms with Crippen molar-refractivity contribution in [1.29, 1.82) is 0 Å². The standard InChI is InChI=1S/C20H19BrN2O3/c1-13-5-3-6-15(11-13)22(2)18(24)7-4-10-23-19(25)16-9-8-14(21)12-17(16)20(23)26/h3,5-6,8-9,11-12H,4,7,10H2,1-2H3. The lowest BCUT2D eigenvalue weighted by atomic mass is 10.1. The van der Waals surface area contributed by atoms with E-state index < -0.39 is 0 Å². The lowest BCUT2D eigenvalue weighted by Gasteiger charge is -2.19. The van der Waals surface area contributed by atoms with Crippen LogP contribution in [0.5, 0.6) is 0 Å². The highest BCUT2D eigenvalue weighted by Gasteiger charge is 2.35. The van der Waals surface area contributed by atoms with Gasteiger partial charge in [-0.05, 0) is 49.2 Å². The number of amides is 3. The molecular weight excluding hydrogens is 396 g/mol. The first kappa shape index (κ1) is 18.3. The molecule has 1 aliphatic rings. The molecule has 0 atom stereocenters. The van der Waals surface area contributed by atoms with E-state index >= 15 is 0 Å². The van der Waals surface area contributed by atoms with Gasteiger partial charge in [0.25, 0.3) is 11.8 Å². The lowest BCUT2D eigenvalue weighted by Crippen LogP contribution is -2.32. The van der Waals surface area contributed by atoms with Crippen LogP contribution in [-0.4, -0.2) is 36.2 Å². The summed E-state index contributed by atoms with van der Waals surface area (Å²) in [6.45, 7) is 2.21. The van der Waals surface area contributed by atoms with Crippen molar-refractivity contribution >= 4 is 39.3 Å². The molecule has 2 aromatic rings. The number of rotatable bonds is 5. The Morgan fingerprint density at radius 1 is 1.08 bits per heavy atom. The predicted octanol–water partition coefficient (Wildman–Crippen LogP) is 3.80. The van der Waals surface area contributed by atoms with Gasteiger partial charge < -0.3 is 4.90 Å². The van der Waals surface area contributed by atoms with Gasteiger partial charge in [0, 0.05) is 30.2 Å². The fourth-order valence-electron chi connectivity index (χ4n) is 3.00. The SMILES string of the molecule is Cc1cccc(N(C)C(=O)CCCN2C(=O)c3ccc(Br)cc3C2=O)c1. The van der Waals surface area contributed by atoms with Crippen LogP contribution in [0, 0.1) is 6.92 Å².